The number of esters is 1. The number of carbonyl (C=O) groups is 2. The number of nitrogens with one attached hydrogen (secondary N) is 1. The predicted octanol–water partition coefficient (Wildman–Crippen LogP) is 0.198. The lowest BCUT2D eigenvalue weighted by molar-refractivity contribution is -0.142. The van der Waals surface area contributed by atoms with Gasteiger partial charge in [-0.05, 0) is 25.1 Å². The first-order valence-corrected chi connectivity index (χ1v) is 7.54. The molecule has 0 aromatic heterocycles. The first-order chi connectivity index (χ1) is 9.77. The van der Waals surface area contributed by atoms with Crippen LogP contribution in [0.15, 0.2) is 23.1 Å². The fourth-order valence-corrected chi connectivity index (χ4v) is 2.67. The molecule has 21 heavy (non-hydrogen) atoms. The minimum atomic E-state index is -3.92. The molecule has 116 valence electrons. The number of rotatable bonds is 7. The zero-order chi connectivity index (χ0) is 16.0. The minimum absolute atomic E-state index is 0.111. The number of aromatic carboxylic acids is 1. The maximum absolute atomic E-state index is 12.0. The number of ether oxygens (including phenoxy) is 1. The Kier molecular flexibility index (Phi) is 5.68. The number of hydrogen-bond donors (Lipinski definition) is 3. The zero-order valence-electron chi connectivity index (χ0n) is 11.3. The van der Waals surface area contributed by atoms with Gasteiger partial charge < -0.3 is 15.6 Å². The highest BCUT2D eigenvalue weighted by Crippen LogP contribution is 2.19. The fraction of sp³-hybridized carbons (Fsp3) is 0.333. The van der Waals surface area contributed by atoms with E-state index in [9.17, 15) is 18.0 Å². The van der Waals surface area contributed by atoms with Gasteiger partial charge in [0.15, 0.2) is 0 Å². The third-order valence-corrected chi connectivity index (χ3v) is 4.01. The van der Waals surface area contributed by atoms with Crippen molar-refractivity contribution in [3.05, 3.63) is 23.8 Å². The number of carboxylic acids is 1. The molecule has 0 aliphatic heterocycles. The van der Waals surface area contributed by atoms with Crippen molar-refractivity contribution < 1.29 is 27.9 Å². The summed E-state index contributed by atoms with van der Waals surface area (Å²) in [5.74, 6) is -1.73. The molecule has 0 saturated heterocycles. The lowest BCUT2D eigenvalue weighted by Gasteiger charge is -2.09. The summed E-state index contributed by atoms with van der Waals surface area (Å²) >= 11 is 0. The largest absolute Gasteiger partial charge is 0.478 e. The van der Waals surface area contributed by atoms with Gasteiger partial charge in [-0.3, -0.25) is 4.79 Å². The summed E-state index contributed by atoms with van der Waals surface area (Å²) in [6.07, 6.45) is -0.111. The highest BCUT2D eigenvalue weighted by Gasteiger charge is 2.19. The van der Waals surface area contributed by atoms with E-state index in [1.165, 1.54) is 0 Å². The van der Waals surface area contributed by atoms with Crippen molar-refractivity contribution in [2.45, 2.75) is 18.2 Å². The van der Waals surface area contributed by atoms with Crippen LogP contribution in [0, 0.1) is 0 Å². The second-order valence-corrected chi connectivity index (χ2v) is 5.75. The van der Waals surface area contributed by atoms with Crippen molar-refractivity contribution >= 4 is 27.6 Å². The molecule has 0 heterocycles. The van der Waals surface area contributed by atoms with Gasteiger partial charge in [-0.2, -0.15) is 0 Å². The monoisotopic (exact) mass is 316 g/mol. The summed E-state index contributed by atoms with van der Waals surface area (Å²) in [6, 6.07) is 3.30. The number of nitrogens with two attached hydrogens (primary N) is 1. The van der Waals surface area contributed by atoms with Crippen molar-refractivity contribution in [1.29, 1.82) is 0 Å². The Bertz CT molecular complexity index is 641. The van der Waals surface area contributed by atoms with Gasteiger partial charge in [0.05, 0.1) is 24.3 Å². The van der Waals surface area contributed by atoms with Gasteiger partial charge in [0, 0.05) is 6.54 Å². The summed E-state index contributed by atoms with van der Waals surface area (Å²) in [5, 5.41) is 8.78. The van der Waals surface area contributed by atoms with E-state index in [1.807, 2.05) is 0 Å². The number of anilines is 1. The molecule has 0 atom stereocenters. The molecule has 0 unspecified atom stereocenters. The molecule has 8 nitrogen and oxygen atoms in total. The molecule has 1 aromatic carbocycles. The van der Waals surface area contributed by atoms with Crippen molar-refractivity contribution in [2.24, 2.45) is 0 Å². The van der Waals surface area contributed by atoms with E-state index >= 15 is 0 Å². The summed E-state index contributed by atoms with van der Waals surface area (Å²) in [4.78, 5) is 21.6. The Hall–Kier alpha value is -2.13. The zero-order valence-corrected chi connectivity index (χ0v) is 12.1. The molecular weight excluding hydrogens is 300 g/mol. The molecular formula is C12H16N2O6S. The van der Waals surface area contributed by atoms with Gasteiger partial charge in [0.2, 0.25) is 10.0 Å². The molecule has 1 rings (SSSR count). The first-order valence-electron chi connectivity index (χ1n) is 6.06. The topological polar surface area (TPSA) is 136 Å². The van der Waals surface area contributed by atoms with Crippen LogP contribution in [-0.2, 0) is 19.6 Å². The van der Waals surface area contributed by atoms with E-state index in [0.717, 1.165) is 18.2 Å². The summed E-state index contributed by atoms with van der Waals surface area (Å²) < 4.78 is 30.8. The Morgan fingerprint density at radius 2 is 2.05 bits per heavy atom. The van der Waals surface area contributed by atoms with E-state index in [-0.39, 0.29) is 35.7 Å². The smallest absolute Gasteiger partial charge is 0.335 e. The van der Waals surface area contributed by atoms with Crippen LogP contribution in [0.3, 0.4) is 0 Å². The van der Waals surface area contributed by atoms with E-state index in [4.69, 9.17) is 10.8 Å². The Balaban J connectivity index is 2.79. The lowest BCUT2D eigenvalue weighted by atomic mass is 10.2. The van der Waals surface area contributed by atoms with Gasteiger partial charge in [-0.1, -0.05) is 0 Å². The number of nitrogen functional groups attached to an aromatic ring is 1. The van der Waals surface area contributed by atoms with Gasteiger partial charge in [0.25, 0.3) is 0 Å². The van der Waals surface area contributed by atoms with Crippen molar-refractivity contribution in [3.8, 4) is 0 Å². The summed E-state index contributed by atoms with van der Waals surface area (Å²) in [7, 11) is -3.92. The van der Waals surface area contributed by atoms with E-state index in [2.05, 4.69) is 9.46 Å². The van der Waals surface area contributed by atoms with E-state index in [0.29, 0.717) is 0 Å². The molecule has 0 amide bonds. The normalized spacial score (nSPS) is 11.1. The van der Waals surface area contributed by atoms with Crippen LogP contribution in [0.25, 0.3) is 0 Å². The lowest BCUT2D eigenvalue weighted by Crippen LogP contribution is -2.27. The standard InChI is InChI=1S/C12H16N2O6S/c1-2-20-11(15)5-6-14-21(18,19)10-4-3-8(12(16)17)7-9(10)13/h3-4,7,14H,2,5-6,13H2,1H3,(H,16,17). The third kappa shape index (κ3) is 4.72. The van der Waals surface area contributed by atoms with Crippen LogP contribution < -0.4 is 10.5 Å². The maximum atomic E-state index is 12.0. The maximum Gasteiger partial charge on any atom is 0.335 e. The number of benzene rings is 1. The van der Waals surface area contributed by atoms with Crippen LogP contribution in [0.4, 0.5) is 5.69 Å². The van der Waals surface area contributed by atoms with Crippen molar-refractivity contribution in [1.82, 2.24) is 4.72 Å². The highest BCUT2D eigenvalue weighted by atomic mass is 32.2. The van der Waals surface area contributed by atoms with Crippen molar-refractivity contribution in [3.63, 3.8) is 0 Å². The Morgan fingerprint density at radius 3 is 2.57 bits per heavy atom. The van der Waals surface area contributed by atoms with Crippen LogP contribution in [-0.4, -0.2) is 38.6 Å². The molecule has 1 aromatic rings. The molecule has 0 spiro atoms. The molecule has 0 aliphatic carbocycles. The molecule has 0 radical (unpaired) electrons. The number of sulfonamides is 1. The Labute approximate surface area is 122 Å². The van der Waals surface area contributed by atoms with Crippen LogP contribution in [0.2, 0.25) is 0 Å². The third-order valence-electron chi connectivity index (χ3n) is 2.47. The van der Waals surface area contributed by atoms with Gasteiger partial charge in [-0.25, -0.2) is 17.9 Å². The van der Waals surface area contributed by atoms with E-state index in [1.54, 1.807) is 6.92 Å². The van der Waals surface area contributed by atoms with Gasteiger partial charge in [0.1, 0.15) is 4.90 Å². The first kappa shape index (κ1) is 16.9. The minimum Gasteiger partial charge on any atom is -0.478 e. The summed E-state index contributed by atoms with van der Waals surface area (Å²) in [6.45, 7) is 1.73. The van der Waals surface area contributed by atoms with E-state index < -0.39 is 22.0 Å². The molecule has 9 heteroatoms. The quantitative estimate of drug-likeness (QED) is 0.483. The van der Waals surface area contributed by atoms with Gasteiger partial charge >= 0.3 is 11.9 Å². The number of hydrogen-bond acceptors (Lipinski definition) is 6. The molecule has 4 N–H and O–H groups in total. The van der Waals surface area contributed by atoms with Crippen molar-refractivity contribution in [2.75, 3.05) is 18.9 Å². The second-order valence-electron chi connectivity index (χ2n) is 4.01. The SMILES string of the molecule is CCOC(=O)CCNS(=O)(=O)c1ccc(C(=O)O)cc1N. The summed E-state index contributed by atoms with van der Waals surface area (Å²) in [5.41, 5.74) is 5.26. The fourth-order valence-electron chi connectivity index (χ4n) is 1.52. The number of carboxylic acid groups (broad SMARTS) is 1. The average molecular weight is 316 g/mol. The molecule has 0 saturated carbocycles. The molecule has 0 bridgehead atoms. The predicted molar refractivity (Wildman–Crippen MR) is 74.3 cm³/mol. The van der Waals surface area contributed by atoms with Crippen LogP contribution in [0.1, 0.15) is 23.7 Å². The average Bonchev–Trinajstić information content (AvgIpc) is 2.38. The molecule has 0 aliphatic rings. The second kappa shape index (κ2) is 7.04. The highest BCUT2D eigenvalue weighted by molar-refractivity contribution is 7.89. The Morgan fingerprint density at radius 1 is 1.38 bits per heavy atom. The van der Waals surface area contributed by atoms with Crippen LogP contribution in [0.5, 0.6) is 0 Å². The van der Waals surface area contributed by atoms with Gasteiger partial charge in [-0.15, -0.1) is 0 Å². The molecule has 0 fully saturated rings. The van der Waals surface area contributed by atoms with Crippen LogP contribution >= 0.6 is 0 Å². The number of carbonyl (C=O) groups excluding carboxylic acids is 1.